The molecule has 0 saturated heterocycles. The van der Waals surface area contributed by atoms with Crippen LogP contribution in [-0.2, 0) is 0 Å². The van der Waals surface area contributed by atoms with E-state index in [0.29, 0.717) is 0 Å². The minimum atomic E-state index is -2.58. The van der Waals surface area contributed by atoms with E-state index in [1.165, 1.54) is 18.3 Å². The van der Waals surface area contributed by atoms with Crippen molar-refractivity contribution in [2.45, 2.75) is 6.36 Å². The predicted octanol–water partition coefficient (Wildman–Crippen LogP) is 3.27. The first kappa shape index (κ1) is 14.0. The van der Waals surface area contributed by atoms with Gasteiger partial charge in [-0.25, -0.2) is 22.5 Å². The number of rotatable bonds is 3. The maximum absolute atomic E-state index is 13.8. The highest BCUT2D eigenvalue weighted by atomic mass is 19.2. The molecule has 0 aliphatic heterocycles. The predicted molar refractivity (Wildman–Crippen MR) is 59.4 cm³/mol. The molecule has 0 aliphatic carbocycles. The summed E-state index contributed by atoms with van der Waals surface area (Å²) >= 11 is 0. The molecule has 0 radical (unpaired) electrons. The zero-order valence-electron chi connectivity index (χ0n) is 9.71. The monoisotopic (exact) mass is 290 g/mol. The molecule has 0 saturated carbocycles. The van der Waals surface area contributed by atoms with Crippen molar-refractivity contribution in [3.63, 3.8) is 0 Å². The maximum atomic E-state index is 13.8. The molecule has 0 aliphatic rings. The highest BCUT2D eigenvalue weighted by molar-refractivity contribution is 5.45. The van der Waals surface area contributed by atoms with E-state index < -0.39 is 35.2 Å². The van der Waals surface area contributed by atoms with Crippen LogP contribution in [-0.4, -0.2) is 4.98 Å². The second kappa shape index (κ2) is 5.32. The van der Waals surface area contributed by atoms with Crippen molar-refractivity contribution < 1.29 is 26.7 Å². The first-order chi connectivity index (χ1) is 9.41. The summed E-state index contributed by atoms with van der Waals surface area (Å²) in [6.45, 7) is 0. The number of pyridine rings is 1. The Hall–Kier alpha value is -2.38. The summed E-state index contributed by atoms with van der Waals surface area (Å²) in [5.74, 6) is -8.20. The third-order valence-corrected chi connectivity index (χ3v) is 2.41. The van der Waals surface area contributed by atoms with Crippen molar-refractivity contribution in [2.24, 2.45) is 0 Å². The second-order valence-corrected chi connectivity index (χ2v) is 3.71. The summed E-state index contributed by atoms with van der Waals surface area (Å²) < 4.78 is 70.4. The Morgan fingerprint density at radius 1 is 1.10 bits per heavy atom. The molecule has 0 fully saturated rings. The van der Waals surface area contributed by atoms with Gasteiger partial charge in [0.05, 0.1) is 5.56 Å². The number of hydrogen-bond donors (Lipinski definition) is 1. The molecule has 2 N–H and O–H groups in total. The Balaban J connectivity index is 2.35. The van der Waals surface area contributed by atoms with E-state index in [1.54, 1.807) is 0 Å². The summed E-state index contributed by atoms with van der Waals surface area (Å²) in [6, 6.07) is 2.76. The topological polar surface area (TPSA) is 48.1 Å². The van der Waals surface area contributed by atoms with Crippen LogP contribution in [0.25, 0.3) is 0 Å². The first-order valence-electron chi connectivity index (χ1n) is 5.26. The number of hydrogen-bond acceptors (Lipinski definition) is 3. The van der Waals surface area contributed by atoms with Gasteiger partial charge in [-0.2, -0.15) is 4.39 Å². The second-order valence-electron chi connectivity index (χ2n) is 3.71. The lowest BCUT2D eigenvalue weighted by Crippen LogP contribution is -2.10. The number of benzene rings is 1. The average molecular weight is 290 g/mol. The Morgan fingerprint density at radius 3 is 2.45 bits per heavy atom. The summed E-state index contributed by atoms with van der Waals surface area (Å²) in [5, 5.41) is 0. The smallest absolute Gasteiger partial charge is 0.267 e. The molecule has 8 heteroatoms. The Morgan fingerprint density at radius 2 is 1.80 bits per heavy atom. The van der Waals surface area contributed by atoms with E-state index >= 15 is 0 Å². The quantitative estimate of drug-likeness (QED) is 0.536. The molecule has 0 bridgehead atoms. The van der Waals surface area contributed by atoms with Crippen LogP contribution in [0.5, 0.6) is 5.75 Å². The molecule has 20 heavy (non-hydrogen) atoms. The number of alkyl halides is 1. The zero-order chi connectivity index (χ0) is 14.9. The van der Waals surface area contributed by atoms with Crippen molar-refractivity contribution in [3.05, 3.63) is 53.2 Å². The summed E-state index contributed by atoms with van der Waals surface area (Å²) in [5.41, 5.74) is 4.24. The molecular formula is C12H7F5N2O. The van der Waals surface area contributed by atoms with Crippen LogP contribution in [0.2, 0.25) is 0 Å². The Kier molecular flexibility index (Phi) is 3.73. The normalized spacial score (nSPS) is 12.2. The van der Waals surface area contributed by atoms with E-state index in [9.17, 15) is 22.0 Å². The highest BCUT2D eigenvalue weighted by Crippen LogP contribution is 2.30. The van der Waals surface area contributed by atoms with Crippen molar-refractivity contribution in [1.29, 1.82) is 0 Å². The highest BCUT2D eigenvalue weighted by Gasteiger charge is 2.25. The lowest BCUT2D eigenvalue weighted by Gasteiger charge is -2.14. The van der Waals surface area contributed by atoms with E-state index in [4.69, 9.17) is 5.73 Å². The number of aromatic nitrogens is 1. The lowest BCUT2D eigenvalue weighted by molar-refractivity contribution is 0.0627. The van der Waals surface area contributed by atoms with Crippen molar-refractivity contribution in [3.8, 4) is 5.75 Å². The van der Waals surface area contributed by atoms with Gasteiger partial charge in [-0.3, -0.25) is 0 Å². The van der Waals surface area contributed by atoms with Gasteiger partial charge in [0.15, 0.2) is 34.8 Å². The molecule has 0 amide bonds. The van der Waals surface area contributed by atoms with E-state index in [0.717, 1.165) is 0 Å². The standard InChI is InChI=1S/C12H7F5N2O/c13-6-4-5(8(14)10(16)9(6)15)11(17)20-7-2-1-3-19-12(7)18/h1-4,11H,(H2,18,19). The molecule has 2 rings (SSSR count). The van der Waals surface area contributed by atoms with Gasteiger partial charge >= 0.3 is 0 Å². The van der Waals surface area contributed by atoms with Gasteiger partial charge in [0.2, 0.25) is 0 Å². The minimum Gasteiger partial charge on any atom is -0.452 e. The van der Waals surface area contributed by atoms with E-state index in [-0.39, 0.29) is 17.6 Å². The SMILES string of the molecule is Nc1ncccc1OC(F)c1cc(F)c(F)c(F)c1F. The van der Waals surface area contributed by atoms with Crippen LogP contribution < -0.4 is 10.5 Å². The summed E-state index contributed by atoms with van der Waals surface area (Å²) in [6.07, 6.45) is -1.28. The van der Waals surface area contributed by atoms with Gasteiger partial charge < -0.3 is 10.5 Å². The molecule has 1 atom stereocenters. The fourth-order valence-corrected chi connectivity index (χ4v) is 1.43. The van der Waals surface area contributed by atoms with Gasteiger partial charge in [0.1, 0.15) is 0 Å². The molecule has 1 aromatic carbocycles. The van der Waals surface area contributed by atoms with Crippen molar-refractivity contribution in [2.75, 3.05) is 5.73 Å². The maximum Gasteiger partial charge on any atom is 0.267 e. The molecule has 0 spiro atoms. The van der Waals surface area contributed by atoms with Crippen LogP contribution in [0.4, 0.5) is 27.8 Å². The van der Waals surface area contributed by atoms with Gasteiger partial charge in [-0.05, 0) is 18.2 Å². The molecule has 2 aromatic rings. The van der Waals surface area contributed by atoms with Gasteiger partial charge in [0, 0.05) is 6.20 Å². The molecular weight excluding hydrogens is 283 g/mol. The zero-order valence-corrected chi connectivity index (χ0v) is 9.71. The Labute approximate surface area is 109 Å². The van der Waals surface area contributed by atoms with Crippen molar-refractivity contribution >= 4 is 5.82 Å². The van der Waals surface area contributed by atoms with Crippen LogP contribution in [0.15, 0.2) is 24.4 Å². The third-order valence-electron chi connectivity index (χ3n) is 2.41. The molecule has 1 heterocycles. The van der Waals surface area contributed by atoms with E-state index in [2.05, 4.69) is 9.72 Å². The number of nitrogens with two attached hydrogens (primary N) is 1. The van der Waals surface area contributed by atoms with Crippen LogP contribution >= 0.6 is 0 Å². The van der Waals surface area contributed by atoms with Gasteiger partial charge in [-0.15, -0.1) is 0 Å². The number of nitrogen functional groups attached to an aromatic ring is 1. The summed E-state index contributed by atoms with van der Waals surface area (Å²) in [7, 11) is 0. The van der Waals surface area contributed by atoms with Crippen LogP contribution in [0, 0.1) is 23.3 Å². The van der Waals surface area contributed by atoms with Crippen molar-refractivity contribution in [1.82, 2.24) is 4.98 Å². The minimum absolute atomic E-state index is 0.172. The third kappa shape index (κ3) is 2.49. The molecule has 106 valence electrons. The van der Waals surface area contributed by atoms with Gasteiger partial charge in [0.25, 0.3) is 6.36 Å². The molecule has 1 unspecified atom stereocenters. The van der Waals surface area contributed by atoms with Gasteiger partial charge in [-0.1, -0.05) is 0 Å². The van der Waals surface area contributed by atoms with Crippen LogP contribution in [0.1, 0.15) is 11.9 Å². The Bertz CT molecular complexity index is 650. The molecule has 3 nitrogen and oxygen atoms in total. The lowest BCUT2D eigenvalue weighted by atomic mass is 10.2. The number of ether oxygens (including phenoxy) is 1. The average Bonchev–Trinajstić information content (AvgIpc) is 2.43. The molecule has 1 aromatic heterocycles. The number of nitrogens with zero attached hydrogens (tertiary/aromatic N) is 1. The summed E-state index contributed by atoms with van der Waals surface area (Å²) in [4.78, 5) is 3.58. The fraction of sp³-hybridized carbons (Fsp3) is 0.0833. The van der Waals surface area contributed by atoms with Crippen LogP contribution in [0.3, 0.4) is 0 Å². The first-order valence-corrected chi connectivity index (χ1v) is 5.26. The largest absolute Gasteiger partial charge is 0.452 e. The number of halogens is 5. The fourth-order valence-electron chi connectivity index (χ4n) is 1.43. The van der Waals surface area contributed by atoms with E-state index in [1.807, 2.05) is 0 Å². The number of anilines is 1.